The van der Waals surface area contributed by atoms with Gasteiger partial charge in [-0.05, 0) is 49.4 Å². The Morgan fingerprint density at radius 2 is 1.76 bits per heavy atom. The molecule has 29 heavy (non-hydrogen) atoms. The van der Waals surface area contributed by atoms with Gasteiger partial charge in [0.2, 0.25) is 0 Å². The van der Waals surface area contributed by atoms with Crippen LogP contribution in [0.4, 0.5) is 9.18 Å². The third kappa shape index (κ3) is 3.97. The first kappa shape index (κ1) is 19.4. The summed E-state index contributed by atoms with van der Waals surface area (Å²) in [5.74, 6) is -0.588. The summed E-state index contributed by atoms with van der Waals surface area (Å²) in [6.45, 7) is 0.229. The molecule has 2 atom stereocenters. The van der Waals surface area contributed by atoms with E-state index in [1.54, 1.807) is 4.90 Å². The number of rotatable bonds is 5. The minimum atomic E-state index is -0.534. The number of benzene rings is 2. The molecule has 2 heterocycles. The van der Waals surface area contributed by atoms with Crippen molar-refractivity contribution in [2.24, 2.45) is 5.92 Å². The maximum Gasteiger partial charge on any atom is 0.410 e. The topological polar surface area (TPSA) is 55.8 Å². The van der Waals surface area contributed by atoms with Crippen molar-refractivity contribution >= 4 is 11.9 Å². The fourth-order valence-corrected chi connectivity index (χ4v) is 4.52. The first-order valence-electron chi connectivity index (χ1n) is 9.93. The number of fused-ring (bicyclic) bond motifs is 2. The summed E-state index contributed by atoms with van der Waals surface area (Å²) >= 11 is 0. The molecule has 2 aromatic carbocycles. The van der Waals surface area contributed by atoms with Crippen molar-refractivity contribution in [3.05, 3.63) is 65.5 Å². The summed E-state index contributed by atoms with van der Waals surface area (Å²) in [7, 11) is 1.49. The lowest BCUT2D eigenvalue weighted by atomic mass is 9.84. The van der Waals surface area contributed by atoms with Crippen molar-refractivity contribution < 1.29 is 23.5 Å². The molecule has 2 unspecified atom stereocenters. The van der Waals surface area contributed by atoms with Crippen molar-refractivity contribution in [3.63, 3.8) is 0 Å². The molecule has 0 spiro atoms. The maximum absolute atomic E-state index is 14.2. The molecule has 2 saturated heterocycles. The highest BCUT2D eigenvalue weighted by atomic mass is 19.1. The number of nitrogens with zero attached hydrogens (tertiary/aromatic N) is 1. The number of piperidine rings is 1. The average Bonchev–Trinajstić information content (AvgIpc) is 3.02. The summed E-state index contributed by atoms with van der Waals surface area (Å²) < 4.78 is 24.9. The van der Waals surface area contributed by atoms with Gasteiger partial charge in [-0.15, -0.1) is 0 Å². The fraction of sp³-hybridized carbons (Fsp3) is 0.391. The van der Waals surface area contributed by atoms with Crippen LogP contribution in [0.3, 0.4) is 0 Å². The molecule has 152 valence electrons. The lowest BCUT2D eigenvalue weighted by molar-refractivity contribution is 0.0483. The second-order valence-electron chi connectivity index (χ2n) is 7.71. The van der Waals surface area contributed by atoms with Gasteiger partial charge in [-0.3, -0.25) is 4.79 Å². The zero-order chi connectivity index (χ0) is 20.4. The van der Waals surface area contributed by atoms with Crippen LogP contribution >= 0.6 is 0 Å². The molecular formula is C23H24FNO4. The number of hydrogen-bond donors (Lipinski definition) is 0. The Labute approximate surface area is 169 Å². The van der Waals surface area contributed by atoms with Crippen LogP contribution in [0, 0.1) is 11.7 Å². The van der Waals surface area contributed by atoms with E-state index in [1.165, 1.54) is 25.3 Å². The van der Waals surface area contributed by atoms with Crippen molar-refractivity contribution in [1.29, 1.82) is 0 Å². The predicted octanol–water partition coefficient (Wildman–Crippen LogP) is 4.60. The van der Waals surface area contributed by atoms with Gasteiger partial charge in [0.05, 0.1) is 12.7 Å². The Morgan fingerprint density at radius 1 is 1.07 bits per heavy atom. The number of amides is 1. The normalized spacial score (nSPS) is 23.0. The highest BCUT2D eigenvalue weighted by Crippen LogP contribution is 2.40. The Kier molecular flexibility index (Phi) is 5.51. The summed E-state index contributed by atoms with van der Waals surface area (Å²) in [5, 5.41) is 0. The SMILES string of the molecule is COc1ccc(F)c(C(=O)C2CC3CCC(C2)N3C(=O)OCc2ccccc2)c1. The monoisotopic (exact) mass is 397 g/mol. The van der Waals surface area contributed by atoms with Crippen molar-refractivity contribution in [2.75, 3.05) is 7.11 Å². The number of methoxy groups -OCH3 is 1. The summed E-state index contributed by atoms with van der Waals surface area (Å²) in [5.41, 5.74) is 1.00. The predicted molar refractivity (Wildman–Crippen MR) is 105 cm³/mol. The zero-order valence-corrected chi connectivity index (χ0v) is 16.3. The van der Waals surface area contributed by atoms with E-state index >= 15 is 0 Å². The molecule has 0 saturated carbocycles. The molecule has 0 aromatic heterocycles. The lowest BCUT2D eigenvalue weighted by Crippen LogP contribution is -2.48. The molecule has 1 amide bonds. The number of halogens is 1. The number of carbonyl (C=O) groups excluding carboxylic acids is 2. The van der Waals surface area contributed by atoms with Crippen LogP contribution in [-0.4, -0.2) is 36.0 Å². The molecule has 5 nitrogen and oxygen atoms in total. The lowest BCUT2D eigenvalue weighted by Gasteiger charge is -2.37. The summed E-state index contributed by atoms with van der Waals surface area (Å²) in [6.07, 6.45) is 2.42. The van der Waals surface area contributed by atoms with Crippen LogP contribution in [0.25, 0.3) is 0 Å². The van der Waals surface area contributed by atoms with E-state index in [0.717, 1.165) is 18.4 Å². The number of carbonyl (C=O) groups is 2. The quantitative estimate of drug-likeness (QED) is 0.692. The van der Waals surface area contributed by atoms with Crippen LogP contribution in [0.15, 0.2) is 48.5 Å². The second-order valence-corrected chi connectivity index (χ2v) is 7.71. The molecule has 0 N–H and O–H groups in total. The Hall–Kier alpha value is -2.89. The van der Waals surface area contributed by atoms with Gasteiger partial charge in [0.25, 0.3) is 0 Å². The van der Waals surface area contributed by atoms with E-state index in [9.17, 15) is 14.0 Å². The van der Waals surface area contributed by atoms with E-state index in [-0.39, 0.29) is 42.0 Å². The van der Waals surface area contributed by atoms with Crippen LogP contribution < -0.4 is 4.74 Å². The molecule has 4 rings (SSSR count). The van der Waals surface area contributed by atoms with Gasteiger partial charge in [-0.2, -0.15) is 0 Å². The van der Waals surface area contributed by atoms with Gasteiger partial charge in [0, 0.05) is 18.0 Å². The minimum absolute atomic E-state index is 0.0420. The number of hydrogen-bond acceptors (Lipinski definition) is 4. The second kappa shape index (κ2) is 8.23. The van der Waals surface area contributed by atoms with Gasteiger partial charge < -0.3 is 14.4 Å². The Balaban J connectivity index is 1.42. The van der Waals surface area contributed by atoms with Crippen LogP contribution in [0.2, 0.25) is 0 Å². The average molecular weight is 397 g/mol. The van der Waals surface area contributed by atoms with Crippen molar-refractivity contribution in [1.82, 2.24) is 4.90 Å². The largest absolute Gasteiger partial charge is 0.497 e. The number of ether oxygens (including phenoxy) is 2. The molecule has 2 aliphatic heterocycles. The molecule has 2 bridgehead atoms. The smallest absolute Gasteiger partial charge is 0.410 e. The molecule has 0 radical (unpaired) electrons. The highest BCUT2D eigenvalue weighted by molar-refractivity contribution is 5.98. The first-order valence-corrected chi connectivity index (χ1v) is 9.93. The van der Waals surface area contributed by atoms with Gasteiger partial charge in [-0.25, -0.2) is 9.18 Å². The third-order valence-electron chi connectivity index (χ3n) is 5.96. The van der Waals surface area contributed by atoms with E-state index in [4.69, 9.17) is 9.47 Å². The Morgan fingerprint density at radius 3 is 2.41 bits per heavy atom. The molecule has 2 fully saturated rings. The van der Waals surface area contributed by atoms with E-state index in [2.05, 4.69) is 0 Å². The molecule has 6 heteroatoms. The molecule has 0 aliphatic carbocycles. The van der Waals surface area contributed by atoms with Gasteiger partial charge in [0.15, 0.2) is 5.78 Å². The van der Waals surface area contributed by atoms with E-state index < -0.39 is 5.82 Å². The standard InChI is InChI=1S/C23H24FNO4/c1-28-19-9-10-21(24)20(13-19)22(26)16-11-17-7-8-18(12-16)25(17)23(27)29-14-15-5-3-2-4-6-15/h2-6,9-10,13,16-18H,7-8,11-12,14H2,1H3. The van der Waals surface area contributed by atoms with E-state index in [1.807, 2.05) is 30.3 Å². The summed E-state index contributed by atoms with van der Waals surface area (Å²) in [4.78, 5) is 27.4. The van der Waals surface area contributed by atoms with Crippen molar-refractivity contribution in [3.8, 4) is 5.75 Å². The van der Waals surface area contributed by atoms with Gasteiger partial charge in [-0.1, -0.05) is 30.3 Å². The van der Waals surface area contributed by atoms with Crippen LogP contribution in [0.1, 0.15) is 41.6 Å². The minimum Gasteiger partial charge on any atom is -0.497 e. The number of ketones is 1. The van der Waals surface area contributed by atoms with Crippen molar-refractivity contribution in [2.45, 2.75) is 44.4 Å². The zero-order valence-electron chi connectivity index (χ0n) is 16.3. The maximum atomic E-state index is 14.2. The molecule has 2 aromatic rings. The molecule has 2 aliphatic rings. The number of Topliss-reactive ketones (excluding diaryl/α,β-unsaturated/α-hetero) is 1. The van der Waals surface area contributed by atoms with Gasteiger partial charge >= 0.3 is 6.09 Å². The van der Waals surface area contributed by atoms with Crippen LogP contribution in [-0.2, 0) is 11.3 Å². The third-order valence-corrected chi connectivity index (χ3v) is 5.96. The summed E-state index contributed by atoms with van der Waals surface area (Å²) in [6, 6.07) is 13.7. The van der Waals surface area contributed by atoms with E-state index in [0.29, 0.717) is 18.6 Å². The Bertz CT molecular complexity index is 887. The van der Waals surface area contributed by atoms with Crippen LogP contribution in [0.5, 0.6) is 5.75 Å². The fourth-order valence-electron chi connectivity index (χ4n) is 4.52. The highest BCUT2D eigenvalue weighted by Gasteiger charge is 2.46. The first-order chi connectivity index (χ1) is 14.1. The molecular weight excluding hydrogens is 373 g/mol. The van der Waals surface area contributed by atoms with Gasteiger partial charge in [0.1, 0.15) is 18.2 Å².